The van der Waals surface area contributed by atoms with Crippen LogP contribution < -0.4 is 19.5 Å². The first-order valence-corrected chi connectivity index (χ1v) is 12.3. The van der Waals surface area contributed by atoms with Crippen molar-refractivity contribution in [1.29, 1.82) is 0 Å². The van der Waals surface area contributed by atoms with Crippen molar-refractivity contribution in [2.24, 2.45) is 7.05 Å². The Hall–Kier alpha value is -4.38. The molecule has 5 aromatic rings. The zero-order chi connectivity index (χ0) is 25.4. The summed E-state index contributed by atoms with van der Waals surface area (Å²) in [6.07, 6.45) is -0.255. The molecule has 186 valence electrons. The van der Waals surface area contributed by atoms with E-state index in [1.54, 1.807) is 6.07 Å². The molecular weight excluding hydrogens is 540 g/mol. The Bertz CT molecular complexity index is 1600. The molecule has 0 aliphatic carbocycles. The predicted octanol–water partition coefficient (Wildman–Crippen LogP) is 4.59. The molecule has 0 saturated heterocycles. The Labute approximate surface area is 219 Å². The van der Waals surface area contributed by atoms with Gasteiger partial charge in [-0.3, -0.25) is 4.79 Å². The van der Waals surface area contributed by atoms with Crippen molar-refractivity contribution in [3.63, 3.8) is 0 Å². The quantitative estimate of drug-likeness (QED) is 0.312. The number of nitrogens with one attached hydrogen (secondary N) is 2. The maximum absolute atomic E-state index is 13.4. The number of aromatic nitrogens is 5. The van der Waals surface area contributed by atoms with Crippen molar-refractivity contribution >= 4 is 38.4 Å². The number of hydrogen-bond acceptors (Lipinski definition) is 7. The first-order valence-electron chi connectivity index (χ1n) is 11.5. The summed E-state index contributed by atoms with van der Waals surface area (Å²) >= 11 is 3.46. The molecule has 3 aromatic carbocycles. The first-order chi connectivity index (χ1) is 18.1. The molecular formula is C26H21BrN6O4. The monoisotopic (exact) mass is 560 g/mol. The molecule has 2 aromatic heterocycles. The summed E-state index contributed by atoms with van der Waals surface area (Å²) in [7, 11) is 1.84. The highest BCUT2D eigenvalue weighted by Crippen LogP contribution is 2.33. The number of rotatable bonds is 6. The molecule has 1 atom stereocenters. The molecule has 0 bridgehead atoms. The minimum Gasteiger partial charge on any atom is -0.487 e. The van der Waals surface area contributed by atoms with Crippen molar-refractivity contribution in [1.82, 2.24) is 25.2 Å². The standard InChI is InChI=1S/C26H21BrN6O4/c1-33-20(26(34)28-19-10-9-16(27)12-18(19)25-29-31-32-30-25)11-15-5-4-8-23(24(15)33)36-14-17-13-35-21-6-2-3-7-22(21)37-17/h2-12,17H,13-14H2,1H3,(H,28,34)(H,29,30,31,32). The summed E-state index contributed by atoms with van der Waals surface area (Å²) in [5.74, 6) is 2.25. The topological polar surface area (TPSA) is 116 Å². The lowest BCUT2D eigenvalue weighted by molar-refractivity contribution is 0.0539. The van der Waals surface area contributed by atoms with Crippen LogP contribution in [0.1, 0.15) is 10.5 Å². The number of carbonyl (C=O) groups is 1. The molecule has 11 heteroatoms. The van der Waals surface area contributed by atoms with Crippen LogP contribution in [0.4, 0.5) is 5.69 Å². The van der Waals surface area contributed by atoms with Gasteiger partial charge in [0.1, 0.15) is 24.7 Å². The molecule has 1 aliphatic rings. The third-order valence-electron chi connectivity index (χ3n) is 6.07. The van der Waals surface area contributed by atoms with Crippen LogP contribution in [0.2, 0.25) is 0 Å². The zero-order valence-corrected chi connectivity index (χ0v) is 21.2. The number of halogens is 1. The van der Waals surface area contributed by atoms with Crippen molar-refractivity contribution in [2.45, 2.75) is 6.10 Å². The van der Waals surface area contributed by atoms with Gasteiger partial charge in [-0.2, -0.15) is 0 Å². The molecule has 1 amide bonds. The van der Waals surface area contributed by atoms with E-state index in [1.165, 1.54) is 0 Å². The van der Waals surface area contributed by atoms with Gasteiger partial charge in [0, 0.05) is 22.5 Å². The van der Waals surface area contributed by atoms with Gasteiger partial charge in [-0.1, -0.05) is 40.2 Å². The number of hydrogen-bond donors (Lipinski definition) is 2. The van der Waals surface area contributed by atoms with Gasteiger partial charge in [-0.05, 0) is 52.9 Å². The lowest BCUT2D eigenvalue weighted by atomic mass is 10.1. The van der Waals surface area contributed by atoms with E-state index in [9.17, 15) is 4.79 Å². The van der Waals surface area contributed by atoms with Gasteiger partial charge >= 0.3 is 0 Å². The normalized spacial score (nSPS) is 14.5. The SMILES string of the molecule is Cn1c(C(=O)Nc2ccc(Br)cc2-c2nnn[nH]2)cc2cccc(OCC3COc4ccccc4O3)c21. The average Bonchev–Trinajstić information content (AvgIpc) is 3.57. The van der Waals surface area contributed by atoms with E-state index in [2.05, 4.69) is 41.9 Å². The number of carbonyl (C=O) groups excluding carboxylic acids is 1. The van der Waals surface area contributed by atoms with E-state index in [-0.39, 0.29) is 12.0 Å². The van der Waals surface area contributed by atoms with Crippen molar-refractivity contribution < 1.29 is 19.0 Å². The Kier molecular flexibility index (Phi) is 5.97. The number of benzene rings is 3. The van der Waals surface area contributed by atoms with E-state index in [4.69, 9.17) is 14.2 Å². The lowest BCUT2D eigenvalue weighted by Gasteiger charge is -2.26. The summed E-state index contributed by atoms with van der Waals surface area (Å²) < 4.78 is 20.6. The summed E-state index contributed by atoms with van der Waals surface area (Å²) in [6.45, 7) is 0.692. The van der Waals surface area contributed by atoms with E-state index >= 15 is 0 Å². The molecule has 0 saturated carbocycles. The highest BCUT2D eigenvalue weighted by molar-refractivity contribution is 9.10. The maximum atomic E-state index is 13.4. The van der Waals surface area contributed by atoms with Gasteiger partial charge in [0.15, 0.2) is 23.4 Å². The number of tetrazole rings is 1. The van der Waals surface area contributed by atoms with Crippen LogP contribution >= 0.6 is 15.9 Å². The minimum atomic E-state index is -0.277. The maximum Gasteiger partial charge on any atom is 0.272 e. The second-order valence-electron chi connectivity index (χ2n) is 8.49. The summed E-state index contributed by atoms with van der Waals surface area (Å²) in [6, 6.07) is 20.6. The minimum absolute atomic E-state index is 0.255. The predicted molar refractivity (Wildman–Crippen MR) is 140 cm³/mol. The molecule has 10 nitrogen and oxygen atoms in total. The fourth-order valence-corrected chi connectivity index (χ4v) is 4.68. The van der Waals surface area contributed by atoms with Gasteiger partial charge < -0.3 is 24.1 Å². The lowest BCUT2D eigenvalue weighted by Crippen LogP contribution is -2.34. The Balaban J connectivity index is 1.23. The number of ether oxygens (including phenoxy) is 3. The van der Waals surface area contributed by atoms with Gasteiger partial charge in [0.05, 0.1) is 11.2 Å². The second kappa shape index (κ2) is 9.58. The zero-order valence-electron chi connectivity index (χ0n) is 19.6. The molecule has 0 radical (unpaired) electrons. The highest BCUT2D eigenvalue weighted by atomic mass is 79.9. The molecule has 0 fully saturated rings. The van der Waals surface area contributed by atoms with Crippen LogP contribution in [0.5, 0.6) is 17.2 Å². The van der Waals surface area contributed by atoms with Gasteiger partial charge in [-0.25, -0.2) is 5.10 Å². The van der Waals surface area contributed by atoms with E-state index < -0.39 is 0 Å². The second-order valence-corrected chi connectivity index (χ2v) is 9.40. The largest absolute Gasteiger partial charge is 0.487 e. The molecule has 1 aliphatic heterocycles. The fraction of sp³-hybridized carbons (Fsp3) is 0.154. The average molecular weight is 561 g/mol. The van der Waals surface area contributed by atoms with E-state index in [0.29, 0.717) is 47.5 Å². The number of aromatic amines is 1. The third-order valence-corrected chi connectivity index (χ3v) is 6.57. The number of nitrogens with zero attached hydrogens (tertiary/aromatic N) is 4. The van der Waals surface area contributed by atoms with Crippen molar-refractivity contribution in [3.05, 3.63) is 76.9 Å². The number of H-pyrrole nitrogens is 1. The van der Waals surface area contributed by atoms with Crippen molar-refractivity contribution in [2.75, 3.05) is 18.5 Å². The van der Waals surface area contributed by atoms with Gasteiger partial charge in [0.25, 0.3) is 5.91 Å². The highest BCUT2D eigenvalue weighted by Gasteiger charge is 2.23. The molecule has 37 heavy (non-hydrogen) atoms. The molecule has 0 spiro atoms. The van der Waals surface area contributed by atoms with Gasteiger partial charge in [-0.15, -0.1) is 5.10 Å². The molecule has 3 heterocycles. The Morgan fingerprint density at radius 2 is 2.03 bits per heavy atom. The van der Waals surface area contributed by atoms with Crippen LogP contribution in [0, 0.1) is 0 Å². The third kappa shape index (κ3) is 4.49. The molecule has 2 N–H and O–H groups in total. The van der Waals surface area contributed by atoms with Crippen LogP contribution in [0.3, 0.4) is 0 Å². The Morgan fingerprint density at radius 3 is 2.86 bits per heavy atom. The summed E-state index contributed by atoms with van der Waals surface area (Å²) in [4.78, 5) is 13.4. The number of anilines is 1. The van der Waals surface area contributed by atoms with Crippen LogP contribution in [-0.4, -0.2) is 50.4 Å². The first kappa shape index (κ1) is 23.0. The number of para-hydroxylation sites is 3. The summed E-state index contributed by atoms with van der Waals surface area (Å²) in [5, 5.41) is 17.9. The van der Waals surface area contributed by atoms with Gasteiger partial charge in [0.2, 0.25) is 0 Å². The molecule has 1 unspecified atom stereocenters. The number of aryl methyl sites for hydroxylation is 1. The van der Waals surface area contributed by atoms with Crippen LogP contribution in [0.15, 0.2) is 71.2 Å². The van der Waals surface area contributed by atoms with E-state index in [0.717, 1.165) is 21.1 Å². The van der Waals surface area contributed by atoms with Crippen LogP contribution in [0.25, 0.3) is 22.3 Å². The molecule has 6 rings (SSSR count). The van der Waals surface area contributed by atoms with E-state index in [1.807, 2.05) is 72.3 Å². The number of fused-ring (bicyclic) bond motifs is 2. The van der Waals surface area contributed by atoms with Crippen LogP contribution in [-0.2, 0) is 7.05 Å². The fourth-order valence-electron chi connectivity index (χ4n) is 4.32. The smallest absolute Gasteiger partial charge is 0.272 e. The Morgan fingerprint density at radius 1 is 1.16 bits per heavy atom. The van der Waals surface area contributed by atoms with Crippen molar-refractivity contribution in [3.8, 4) is 28.6 Å². The number of amides is 1. The summed E-state index contributed by atoms with van der Waals surface area (Å²) in [5.41, 5.74) is 2.51.